The van der Waals surface area contributed by atoms with E-state index < -0.39 is 17.6 Å². The highest BCUT2D eigenvalue weighted by Gasteiger charge is 2.31. The Labute approximate surface area is 126 Å². The number of anilines is 1. The summed E-state index contributed by atoms with van der Waals surface area (Å²) in [6.07, 6.45) is -4.52. The smallest absolute Gasteiger partial charge is 0.338 e. The van der Waals surface area contributed by atoms with Gasteiger partial charge in [0.15, 0.2) is 0 Å². The van der Waals surface area contributed by atoms with Crippen LogP contribution in [0.15, 0.2) is 27.2 Å². The first-order valence-electron chi connectivity index (χ1n) is 5.81. The summed E-state index contributed by atoms with van der Waals surface area (Å²) in [5, 5.41) is 6.06. The van der Waals surface area contributed by atoms with Crippen LogP contribution in [0.4, 0.5) is 19.1 Å². The first kappa shape index (κ1) is 15.6. The van der Waals surface area contributed by atoms with Gasteiger partial charge in [-0.3, -0.25) is 10.1 Å². The number of rotatable bonds is 2. The van der Waals surface area contributed by atoms with Gasteiger partial charge >= 0.3 is 6.18 Å². The molecule has 2 aromatic rings. The van der Waals surface area contributed by atoms with Crippen LogP contribution in [0.25, 0.3) is 0 Å². The summed E-state index contributed by atoms with van der Waals surface area (Å²) in [6.45, 7) is 3.37. The fourth-order valence-corrected chi connectivity index (χ4v) is 2.00. The zero-order chi connectivity index (χ0) is 15.8. The number of hydrogen-bond acceptors (Lipinski definition) is 3. The minimum Gasteiger partial charge on any atom is -0.338 e. The van der Waals surface area contributed by atoms with Crippen molar-refractivity contribution < 1.29 is 22.5 Å². The number of carbonyl (C=O) groups is 1. The molecular weight excluding hydrogens is 353 g/mol. The molecule has 0 unspecified atom stereocenters. The Bertz CT molecular complexity index is 695. The molecule has 0 aliphatic heterocycles. The fourth-order valence-electron chi connectivity index (χ4n) is 1.58. The maximum absolute atomic E-state index is 12.7. The molecule has 0 saturated heterocycles. The number of halogens is 4. The highest BCUT2D eigenvalue weighted by Crippen LogP contribution is 2.32. The molecule has 0 atom stereocenters. The summed E-state index contributed by atoms with van der Waals surface area (Å²) < 4.78 is 43.2. The van der Waals surface area contributed by atoms with E-state index in [0.717, 1.165) is 12.1 Å². The average molecular weight is 363 g/mol. The van der Waals surface area contributed by atoms with Gasteiger partial charge < -0.3 is 4.52 Å². The van der Waals surface area contributed by atoms with E-state index in [2.05, 4.69) is 26.4 Å². The molecule has 1 aromatic carbocycles. The van der Waals surface area contributed by atoms with Crippen LogP contribution in [0.3, 0.4) is 0 Å². The van der Waals surface area contributed by atoms with Crippen LogP contribution < -0.4 is 5.32 Å². The Morgan fingerprint density at radius 2 is 2.00 bits per heavy atom. The Hall–Kier alpha value is -1.83. The highest BCUT2D eigenvalue weighted by atomic mass is 79.9. The minimum atomic E-state index is -4.52. The third-order valence-corrected chi connectivity index (χ3v) is 3.61. The molecule has 0 bridgehead atoms. The predicted molar refractivity (Wildman–Crippen MR) is 73.1 cm³/mol. The van der Waals surface area contributed by atoms with E-state index in [-0.39, 0.29) is 15.9 Å². The molecule has 4 nitrogen and oxygen atoms in total. The summed E-state index contributed by atoms with van der Waals surface area (Å²) in [4.78, 5) is 12.1. The lowest BCUT2D eigenvalue weighted by molar-refractivity contribution is -0.137. The van der Waals surface area contributed by atoms with Gasteiger partial charge in [-0.2, -0.15) is 13.2 Å². The van der Waals surface area contributed by atoms with Crippen molar-refractivity contribution >= 4 is 27.7 Å². The van der Waals surface area contributed by atoms with E-state index in [1.807, 2.05) is 0 Å². The quantitative estimate of drug-likeness (QED) is 0.865. The Kier molecular flexibility index (Phi) is 4.08. The van der Waals surface area contributed by atoms with Crippen molar-refractivity contribution in [2.45, 2.75) is 20.0 Å². The lowest BCUT2D eigenvalue weighted by Gasteiger charge is -2.10. The molecule has 1 amide bonds. The SMILES string of the molecule is Cc1noc(NC(=O)c2cc(C(F)(F)F)ccc2Br)c1C. The number of alkyl halides is 3. The van der Waals surface area contributed by atoms with Gasteiger partial charge in [0.1, 0.15) is 0 Å². The molecule has 2 rings (SSSR count). The van der Waals surface area contributed by atoms with Crippen molar-refractivity contribution in [3.8, 4) is 0 Å². The number of hydrogen-bond donors (Lipinski definition) is 1. The van der Waals surface area contributed by atoms with Crippen LogP contribution in [0.1, 0.15) is 27.2 Å². The first-order valence-corrected chi connectivity index (χ1v) is 6.60. The predicted octanol–water partition coefficient (Wildman–Crippen LogP) is 4.33. The third-order valence-electron chi connectivity index (χ3n) is 2.92. The summed E-state index contributed by atoms with van der Waals surface area (Å²) in [5.74, 6) is -0.603. The van der Waals surface area contributed by atoms with Gasteiger partial charge in [-0.25, -0.2) is 0 Å². The average Bonchev–Trinajstić information content (AvgIpc) is 2.69. The second kappa shape index (κ2) is 5.51. The number of nitrogens with zero attached hydrogens (tertiary/aromatic N) is 1. The van der Waals surface area contributed by atoms with Crippen LogP contribution in [0.5, 0.6) is 0 Å². The maximum atomic E-state index is 12.7. The third kappa shape index (κ3) is 3.26. The van der Waals surface area contributed by atoms with Crippen molar-refractivity contribution in [3.05, 3.63) is 45.1 Å². The largest absolute Gasteiger partial charge is 0.416 e. The number of nitrogens with one attached hydrogen (secondary N) is 1. The molecule has 0 fully saturated rings. The number of benzene rings is 1. The van der Waals surface area contributed by atoms with E-state index >= 15 is 0 Å². The van der Waals surface area contributed by atoms with Gasteiger partial charge in [0.05, 0.1) is 16.8 Å². The van der Waals surface area contributed by atoms with Gasteiger partial charge in [0, 0.05) is 10.0 Å². The zero-order valence-corrected chi connectivity index (χ0v) is 12.6. The lowest BCUT2D eigenvalue weighted by atomic mass is 10.1. The van der Waals surface area contributed by atoms with Crippen molar-refractivity contribution in [2.24, 2.45) is 0 Å². The summed E-state index contributed by atoms with van der Waals surface area (Å²) in [5.41, 5.74) is 0.166. The first-order chi connectivity index (χ1) is 9.70. The molecule has 1 N–H and O–H groups in total. The van der Waals surface area contributed by atoms with Crippen molar-refractivity contribution in [1.29, 1.82) is 0 Å². The molecule has 8 heteroatoms. The van der Waals surface area contributed by atoms with Crippen LogP contribution in [-0.2, 0) is 6.18 Å². The van der Waals surface area contributed by atoms with Gasteiger partial charge in [-0.1, -0.05) is 5.16 Å². The van der Waals surface area contributed by atoms with Crippen molar-refractivity contribution in [2.75, 3.05) is 5.32 Å². The Balaban J connectivity index is 2.33. The van der Waals surface area contributed by atoms with Crippen LogP contribution in [-0.4, -0.2) is 11.1 Å². The molecule has 0 radical (unpaired) electrons. The normalized spacial score (nSPS) is 11.5. The van der Waals surface area contributed by atoms with E-state index in [9.17, 15) is 18.0 Å². The minimum absolute atomic E-state index is 0.113. The molecule has 0 aliphatic carbocycles. The molecule has 0 aliphatic rings. The Morgan fingerprint density at radius 1 is 1.33 bits per heavy atom. The molecule has 0 spiro atoms. The Morgan fingerprint density at radius 3 is 2.52 bits per heavy atom. The van der Waals surface area contributed by atoms with Crippen LogP contribution in [0, 0.1) is 13.8 Å². The molecule has 21 heavy (non-hydrogen) atoms. The molecular formula is C13H10BrF3N2O2. The second-order valence-electron chi connectivity index (χ2n) is 4.37. The van der Waals surface area contributed by atoms with Crippen molar-refractivity contribution in [3.63, 3.8) is 0 Å². The van der Waals surface area contributed by atoms with Gasteiger partial charge in [0.25, 0.3) is 5.91 Å². The number of amides is 1. The van der Waals surface area contributed by atoms with E-state index in [0.29, 0.717) is 11.3 Å². The van der Waals surface area contributed by atoms with Crippen LogP contribution in [0.2, 0.25) is 0 Å². The molecule has 0 saturated carbocycles. The van der Waals surface area contributed by atoms with Gasteiger partial charge in [-0.05, 0) is 48.0 Å². The van der Waals surface area contributed by atoms with Gasteiger partial charge in [0.2, 0.25) is 5.88 Å². The van der Waals surface area contributed by atoms with E-state index in [4.69, 9.17) is 4.52 Å². The monoisotopic (exact) mass is 362 g/mol. The number of carbonyl (C=O) groups excluding carboxylic acids is 1. The standard InChI is InChI=1S/C13H10BrF3N2O2/c1-6-7(2)19-21-12(6)18-11(20)9-5-8(13(15,16)17)3-4-10(9)14/h3-5H,1-2H3,(H,18,20). The summed E-state index contributed by atoms with van der Waals surface area (Å²) in [7, 11) is 0. The van der Waals surface area contributed by atoms with E-state index in [1.165, 1.54) is 6.07 Å². The summed E-state index contributed by atoms with van der Waals surface area (Å²) >= 11 is 3.06. The fraction of sp³-hybridized carbons (Fsp3) is 0.231. The van der Waals surface area contributed by atoms with Crippen molar-refractivity contribution in [1.82, 2.24) is 5.16 Å². The maximum Gasteiger partial charge on any atom is 0.416 e. The topological polar surface area (TPSA) is 55.1 Å². The number of aryl methyl sites for hydroxylation is 1. The number of aromatic nitrogens is 1. The molecule has 1 aromatic heterocycles. The highest BCUT2D eigenvalue weighted by molar-refractivity contribution is 9.10. The second-order valence-corrected chi connectivity index (χ2v) is 5.22. The van der Waals surface area contributed by atoms with E-state index in [1.54, 1.807) is 13.8 Å². The zero-order valence-electron chi connectivity index (χ0n) is 11.0. The molecule has 112 valence electrons. The lowest BCUT2D eigenvalue weighted by Crippen LogP contribution is -2.15. The molecule has 1 heterocycles. The van der Waals surface area contributed by atoms with Gasteiger partial charge in [-0.15, -0.1) is 0 Å². The van der Waals surface area contributed by atoms with Crippen LogP contribution >= 0.6 is 15.9 Å². The summed E-state index contributed by atoms with van der Waals surface area (Å²) in [6, 6.07) is 2.85.